The number of hydrogen-bond donors (Lipinski definition) is 1. The average Bonchev–Trinajstić information content (AvgIpc) is 3.18. The topological polar surface area (TPSA) is 56.1 Å². The van der Waals surface area contributed by atoms with Gasteiger partial charge in [-0.1, -0.05) is 35.6 Å². The Hall–Kier alpha value is -2.48. The zero-order valence-corrected chi connectivity index (χ0v) is 18.3. The van der Waals surface area contributed by atoms with Crippen LogP contribution in [0.25, 0.3) is 10.2 Å². The molecule has 0 unspecified atom stereocenters. The fraction of sp³-hybridized carbons (Fsp3) is 0.391. The molecule has 0 atom stereocenters. The van der Waals surface area contributed by atoms with Crippen LogP contribution in [0.2, 0.25) is 0 Å². The maximum absolute atomic E-state index is 13.2. The lowest BCUT2D eigenvalue weighted by molar-refractivity contribution is -0.906. The molecular formula is C23H28N3O3S+. The molecule has 1 saturated heterocycles. The summed E-state index contributed by atoms with van der Waals surface area (Å²) in [5, 5.41) is 0.744. The first-order chi connectivity index (χ1) is 14.6. The summed E-state index contributed by atoms with van der Waals surface area (Å²) < 4.78 is 12.3. The summed E-state index contributed by atoms with van der Waals surface area (Å²) in [5.41, 5.74) is 3.33. The number of ether oxygens (including phenoxy) is 2. The second kappa shape index (κ2) is 9.55. The van der Waals surface area contributed by atoms with Gasteiger partial charge in [-0.2, -0.15) is 0 Å². The molecule has 6 nitrogen and oxygen atoms in total. The molecule has 4 rings (SSSR count). The van der Waals surface area contributed by atoms with Crippen LogP contribution in [0.4, 0.5) is 5.13 Å². The van der Waals surface area contributed by atoms with Crippen molar-refractivity contribution in [1.29, 1.82) is 0 Å². The summed E-state index contributed by atoms with van der Waals surface area (Å²) in [6.45, 7) is 9.15. The fourth-order valence-electron chi connectivity index (χ4n) is 3.73. The molecular weight excluding hydrogens is 398 g/mol. The van der Waals surface area contributed by atoms with Crippen molar-refractivity contribution in [3.05, 3.63) is 53.6 Å². The number of nitrogens with zero attached hydrogens (tertiary/aromatic N) is 2. The molecule has 0 radical (unpaired) electrons. The highest BCUT2D eigenvalue weighted by atomic mass is 32.1. The van der Waals surface area contributed by atoms with Crippen LogP contribution in [0.15, 0.2) is 42.5 Å². The summed E-state index contributed by atoms with van der Waals surface area (Å²) >= 11 is 1.58. The van der Waals surface area contributed by atoms with Crippen molar-refractivity contribution in [2.45, 2.75) is 13.8 Å². The molecule has 7 heteroatoms. The Morgan fingerprint density at radius 1 is 1.20 bits per heavy atom. The second-order valence-corrected chi connectivity index (χ2v) is 8.66. The zero-order valence-electron chi connectivity index (χ0n) is 17.5. The molecule has 2 heterocycles. The maximum Gasteiger partial charge on any atom is 0.266 e. The minimum atomic E-state index is -0.0695. The number of hydrogen-bond acceptors (Lipinski definition) is 5. The Labute approximate surface area is 181 Å². The van der Waals surface area contributed by atoms with Crippen molar-refractivity contribution in [3.8, 4) is 5.75 Å². The number of anilines is 1. The molecule has 1 fully saturated rings. The largest absolute Gasteiger partial charge is 0.484 e. The minimum absolute atomic E-state index is 0.00358. The van der Waals surface area contributed by atoms with Crippen molar-refractivity contribution in [3.63, 3.8) is 0 Å². The highest BCUT2D eigenvalue weighted by Gasteiger charge is 2.24. The molecule has 158 valence electrons. The number of benzene rings is 2. The number of morpholine rings is 1. The van der Waals surface area contributed by atoms with E-state index in [1.807, 2.05) is 30.3 Å². The maximum atomic E-state index is 13.2. The smallest absolute Gasteiger partial charge is 0.266 e. The third kappa shape index (κ3) is 4.98. The standard InChI is InChI=1S/C23H27N3O3S/c1-17-14-18(2)22-20(15-17)24-23(30-22)26(9-8-25-10-12-28-13-11-25)21(27)16-29-19-6-4-3-5-7-19/h3-7,14-15H,8-13,16H2,1-2H3/p+1. The number of fused-ring (bicyclic) bond motifs is 1. The van der Waals surface area contributed by atoms with Crippen LogP contribution < -0.4 is 14.5 Å². The zero-order chi connectivity index (χ0) is 20.9. The second-order valence-electron chi connectivity index (χ2n) is 7.69. The Morgan fingerprint density at radius 3 is 2.73 bits per heavy atom. The molecule has 1 aliphatic heterocycles. The molecule has 1 amide bonds. The van der Waals surface area contributed by atoms with Gasteiger partial charge < -0.3 is 14.4 Å². The molecule has 0 aliphatic carbocycles. The van der Waals surface area contributed by atoms with Crippen LogP contribution in [0, 0.1) is 13.8 Å². The normalized spacial score (nSPS) is 14.7. The van der Waals surface area contributed by atoms with Gasteiger partial charge in [0.05, 0.1) is 36.5 Å². The van der Waals surface area contributed by atoms with Gasteiger partial charge in [-0.05, 0) is 43.2 Å². The van der Waals surface area contributed by atoms with Gasteiger partial charge in [-0.25, -0.2) is 4.98 Å². The monoisotopic (exact) mass is 426 g/mol. The van der Waals surface area contributed by atoms with E-state index in [9.17, 15) is 4.79 Å². The first-order valence-corrected chi connectivity index (χ1v) is 11.2. The van der Waals surface area contributed by atoms with E-state index in [0.717, 1.165) is 48.2 Å². The van der Waals surface area contributed by atoms with Gasteiger partial charge in [-0.3, -0.25) is 9.69 Å². The number of aromatic nitrogens is 1. The van der Waals surface area contributed by atoms with E-state index in [1.165, 1.54) is 16.0 Å². The number of nitrogens with one attached hydrogen (secondary N) is 1. The van der Waals surface area contributed by atoms with Gasteiger partial charge in [-0.15, -0.1) is 0 Å². The third-order valence-electron chi connectivity index (χ3n) is 5.34. The van der Waals surface area contributed by atoms with Crippen LogP contribution in [0.5, 0.6) is 5.75 Å². The lowest BCUT2D eigenvalue weighted by Crippen LogP contribution is -3.14. The predicted octanol–water partition coefficient (Wildman–Crippen LogP) is 2.24. The number of aryl methyl sites for hydroxylation is 2. The number of carbonyl (C=O) groups excluding carboxylic acids is 1. The predicted molar refractivity (Wildman–Crippen MR) is 120 cm³/mol. The first kappa shape index (κ1) is 20.8. The van der Waals surface area contributed by atoms with Gasteiger partial charge in [0.2, 0.25) is 0 Å². The van der Waals surface area contributed by atoms with Crippen molar-refractivity contribution in [1.82, 2.24) is 4.98 Å². The van der Waals surface area contributed by atoms with E-state index in [4.69, 9.17) is 14.5 Å². The first-order valence-electron chi connectivity index (χ1n) is 10.4. The Kier molecular flexibility index (Phi) is 6.62. The van der Waals surface area contributed by atoms with Gasteiger partial charge in [0.1, 0.15) is 18.8 Å². The molecule has 30 heavy (non-hydrogen) atoms. The number of rotatable bonds is 7. The molecule has 1 aromatic heterocycles. The summed E-state index contributed by atoms with van der Waals surface area (Å²) in [4.78, 5) is 21.2. The Balaban J connectivity index is 1.54. The van der Waals surface area contributed by atoms with E-state index < -0.39 is 0 Å². The van der Waals surface area contributed by atoms with Gasteiger partial charge in [0, 0.05) is 0 Å². The molecule has 2 aromatic carbocycles. The summed E-state index contributed by atoms with van der Waals surface area (Å²) in [6.07, 6.45) is 0. The number of carbonyl (C=O) groups is 1. The highest BCUT2D eigenvalue weighted by Crippen LogP contribution is 2.32. The fourth-order valence-corrected chi connectivity index (χ4v) is 4.79. The van der Waals surface area contributed by atoms with Crippen molar-refractivity contribution < 1.29 is 19.2 Å². The van der Waals surface area contributed by atoms with E-state index >= 15 is 0 Å². The Bertz CT molecular complexity index is 1000. The average molecular weight is 427 g/mol. The molecule has 0 spiro atoms. The summed E-state index contributed by atoms with van der Waals surface area (Å²) in [5.74, 6) is 0.625. The van der Waals surface area contributed by atoms with Gasteiger partial charge >= 0.3 is 0 Å². The highest BCUT2D eigenvalue weighted by molar-refractivity contribution is 7.22. The lowest BCUT2D eigenvalue weighted by Gasteiger charge is -2.26. The van der Waals surface area contributed by atoms with E-state index in [1.54, 1.807) is 16.2 Å². The SMILES string of the molecule is Cc1cc(C)c2sc(N(CC[NH+]3CCOCC3)C(=O)COc3ccccc3)nc2c1. The number of thiazole rings is 1. The minimum Gasteiger partial charge on any atom is -0.484 e. The third-order valence-corrected chi connectivity index (χ3v) is 6.56. The van der Waals surface area contributed by atoms with Crippen LogP contribution in [0.3, 0.4) is 0 Å². The summed E-state index contributed by atoms with van der Waals surface area (Å²) in [7, 11) is 0. The lowest BCUT2D eigenvalue weighted by atomic mass is 10.1. The number of para-hydroxylation sites is 1. The molecule has 1 aliphatic rings. The number of quaternary nitrogens is 1. The van der Waals surface area contributed by atoms with Crippen LogP contribution in [0.1, 0.15) is 11.1 Å². The van der Waals surface area contributed by atoms with Crippen molar-refractivity contribution in [2.75, 3.05) is 50.9 Å². The van der Waals surface area contributed by atoms with Crippen molar-refractivity contribution >= 4 is 32.6 Å². The van der Waals surface area contributed by atoms with Gasteiger partial charge in [0.15, 0.2) is 11.7 Å². The van der Waals surface area contributed by atoms with E-state index in [2.05, 4.69) is 26.0 Å². The van der Waals surface area contributed by atoms with E-state index in [0.29, 0.717) is 12.3 Å². The molecule has 0 saturated carbocycles. The number of amides is 1. The van der Waals surface area contributed by atoms with E-state index in [-0.39, 0.29) is 12.5 Å². The van der Waals surface area contributed by atoms with Crippen LogP contribution in [-0.4, -0.2) is 56.9 Å². The van der Waals surface area contributed by atoms with Gasteiger partial charge in [0.25, 0.3) is 5.91 Å². The van der Waals surface area contributed by atoms with Crippen LogP contribution >= 0.6 is 11.3 Å². The Morgan fingerprint density at radius 2 is 1.97 bits per heavy atom. The van der Waals surface area contributed by atoms with Crippen molar-refractivity contribution in [2.24, 2.45) is 0 Å². The molecule has 3 aromatic rings. The van der Waals surface area contributed by atoms with Crippen LogP contribution in [-0.2, 0) is 9.53 Å². The quantitative estimate of drug-likeness (QED) is 0.630. The molecule has 1 N–H and O–H groups in total. The summed E-state index contributed by atoms with van der Waals surface area (Å²) in [6, 6.07) is 13.7. The molecule has 0 bridgehead atoms.